The van der Waals surface area contributed by atoms with Crippen molar-refractivity contribution >= 4 is 51.5 Å². The zero-order valence-corrected chi connectivity index (χ0v) is 22.5. The van der Waals surface area contributed by atoms with Crippen LogP contribution in [-0.4, -0.2) is 36.5 Å². The minimum atomic E-state index is -0.675. The molecule has 1 saturated heterocycles. The second kappa shape index (κ2) is 11.7. The van der Waals surface area contributed by atoms with Gasteiger partial charge in [0.15, 0.2) is 11.5 Å². The predicted molar refractivity (Wildman–Crippen MR) is 138 cm³/mol. The Morgan fingerprint density at radius 3 is 2.61 bits per heavy atom. The van der Waals surface area contributed by atoms with Crippen molar-refractivity contribution in [3.63, 3.8) is 0 Å². The number of hydrogen-bond acceptors (Lipinski definition) is 7. The van der Waals surface area contributed by atoms with Crippen LogP contribution in [0.2, 0.25) is 5.02 Å². The van der Waals surface area contributed by atoms with Gasteiger partial charge in [0.25, 0.3) is 5.91 Å². The molecule has 0 radical (unpaired) electrons. The summed E-state index contributed by atoms with van der Waals surface area (Å²) < 4.78 is 35.2. The van der Waals surface area contributed by atoms with Crippen LogP contribution < -0.4 is 14.8 Å². The van der Waals surface area contributed by atoms with Crippen molar-refractivity contribution in [1.29, 1.82) is 0 Å². The number of esters is 1. The number of carbonyl (C=O) groups is 3. The highest BCUT2D eigenvalue weighted by atomic mass is 79.9. The Labute approximate surface area is 230 Å². The topological polar surface area (TPSA) is 107 Å². The zero-order valence-electron chi connectivity index (χ0n) is 20.2. The standard InChI is InChI=1S/C26H21BrClFN2O7/c1-3-36-20-11-15(21(27)22(28)23(20)37-13-14-4-6-16(29)7-5-14)10-18-24(32)31(26(34)30-18)12-17-8-9-19(38-17)25(33)35-2/h4-11H,3,12-13H2,1-2H3,(H,30,34)/b18-10-. The van der Waals surface area contributed by atoms with E-state index in [4.69, 9.17) is 25.5 Å². The monoisotopic (exact) mass is 606 g/mol. The van der Waals surface area contributed by atoms with Crippen molar-refractivity contribution in [3.05, 3.63) is 86.1 Å². The van der Waals surface area contributed by atoms with Crippen LogP contribution in [-0.2, 0) is 22.7 Å². The molecular formula is C26H21BrClFN2O7. The number of furan rings is 1. The number of methoxy groups -OCH3 is 1. The van der Waals surface area contributed by atoms with Crippen LogP contribution in [0.3, 0.4) is 0 Å². The Hall–Kier alpha value is -3.83. The molecule has 1 fully saturated rings. The minimum absolute atomic E-state index is 0.00561. The number of nitrogens with zero attached hydrogens (tertiary/aromatic N) is 1. The highest BCUT2D eigenvalue weighted by molar-refractivity contribution is 9.10. The second-order valence-corrected chi connectivity index (χ2v) is 9.08. The quantitative estimate of drug-likeness (QED) is 0.189. The van der Waals surface area contributed by atoms with Gasteiger partial charge in [-0.05, 0) is 70.4 Å². The fourth-order valence-electron chi connectivity index (χ4n) is 3.54. The van der Waals surface area contributed by atoms with Crippen LogP contribution in [0.15, 0.2) is 57.1 Å². The van der Waals surface area contributed by atoms with Crippen LogP contribution in [0.1, 0.15) is 34.4 Å². The van der Waals surface area contributed by atoms with Crippen molar-refractivity contribution in [2.75, 3.05) is 13.7 Å². The van der Waals surface area contributed by atoms with Gasteiger partial charge in [0, 0.05) is 4.47 Å². The van der Waals surface area contributed by atoms with Gasteiger partial charge in [0.05, 0.1) is 20.3 Å². The molecule has 1 N–H and O–H groups in total. The van der Waals surface area contributed by atoms with Crippen molar-refractivity contribution < 1.29 is 37.4 Å². The lowest BCUT2D eigenvalue weighted by Gasteiger charge is -2.16. The van der Waals surface area contributed by atoms with Crippen molar-refractivity contribution in [1.82, 2.24) is 10.2 Å². The first-order valence-corrected chi connectivity index (χ1v) is 12.4. The summed E-state index contributed by atoms with van der Waals surface area (Å²) in [5.41, 5.74) is 1.17. The summed E-state index contributed by atoms with van der Waals surface area (Å²) in [4.78, 5) is 38.0. The molecule has 9 nitrogen and oxygen atoms in total. The normalized spacial score (nSPS) is 14.1. The Kier molecular flexibility index (Phi) is 8.38. The van der Waals surface area contributed by atoms with Crippen LogP contribution >= 0.6 is 27.5 Å². The van der Waals surface area contributed by atoms with Crippen molar-refractivity contribution in [2.45, 2.75) is 20.1 Å². The fourth-order valence-corrected chi connectivity index (χ4v) is 4.21. The smallest absolute Gasteiger partial charge is 0.373 e. The molecule has 1 aliphatic heterocycles. The maximum atomic E-state index is 13.2. The number of halogens is 3. The van der Waals surface area contributed by atoms with E-state index in [0.29, 0.717) is 22.4 Å². The molecule has 2 aromatic carbocycles. The van der Waals surface area contributed by atoms with E-state index in [0.717, 1.165) is 10.5 Å². The van der Waals surface area contributed by atoms with Gasteiger partial charge < -0.3 is 23.9 Å². The van der Waals surface area contributed by atoms with E-state index >= 15 is 0 Å². The number of rotatable bonds is 9. The van der Waals surface area contributed by atoms with Crippen LogP contribution in [0.4, 0.5) is 9.18 Å². The van der Waals surface area contributed by atoms with Gasteiger partial charge in [-0.15, -0.1) is 0 Å². The van der Waals surface area contributed by atoms with Crippen molar-refractivity contribution in [3.8, 4) is 11.5 Å². The molecule has 1 aliphatic rings. The molecule has 198 valence electrons. The average Bonchev–Trinajstić information content (AvgIpc) is 3.48. The Bertz CT molecular complexity index is 1420. The fraction of sp³-hybridized carbons (Fsp3) is 0.192. The molecule has 0 atom stereocenters. The maximum absolute atomic E-state index is 13.2. The van der Waals surface area contributed by atoms with Gasteiger partial charge in [-0.25, -0.2) is 14.0 Å². The largest absolute Gasteiger partial charge is 0.490 e. The summed E-state index contributed by atoms with van der Waals surface area (Å²) in [6.45, 7) is 2.01. The van der Waals surface area contributed by atoms with Crippen LogP contribution in [0, 0.1) is 5.82 Å². The number of urea groups is 1. The lowest BCUT2D eigenvalue weighted by molar-refractivity contribution is -0.123. The van der Waals surface area contributed by atoms with Gasteiger partial charge in [-0.2, -0.15) is 0 Å². The molecule has 0 spiro atoms. The van der Waals surface area contributed by atoms with Gasteiger partial charge in [0.1, 0.15) is 28.9 Å². The number of ether oxygens (including phenoxy) is 3. The molecule has 3 amide bonds. The van der Waals surface area contributed by atoms with E-state index < -0.39 is 17.9 Å². The van der Waals surface area contributed by atoms with Gasteiger partial charge in [0.2, 0.25) is 5.76 Å². The number of hydrogen-bond donors (Lipinski definition) is 1. The summed E-state index contributed by atoms with van der Waals surface area (Å²) in [7, 11) is 1.21. The highest BCUT2D eigenvalue weighted by Crippen LogP contribution is 2.44. The molecule has 0 saturated carbocycles. The van der Waals surface area contributed by atoms with Crippen LogP contribution in [0.5, 0.6) is 11.5 Å². The summed E-state index contributed by atoms with van der Waals surface area (Å²) in [5.74, 6) is -0.891. The van der Waals surface area contributed by atoms with Crippen LogP contribution in [0.25, 0.3) is 6.08 Å². The molecule has 1 aromatic heterocycles. The van der Waals surface area contributed by atoms with Crippen molar-refractivity contribution in [2.24, 2.45) is 0 Å². The highest BCUT2D eigenvalue weighted by Gasteiger charge is 2.35. The lowest BCUT2D eigenvalue weighted by atomic mass is 10.1. The molecule has 0 unspecified atom stereocenters. The third-order valence-electron chi connectivity index (χ3n) is 5.38. The third-order valence-corrected chi connectivity index (χ3v) is 6.82. The zero-order chi connectivity index (χ0) is 27.4. The van der Waals surface area contributed by atoms with E-state index in [1.54, 1.807) is 25.1 Å². The van der Waals surface area contributed by atoms with Gasteiger partial charge >= 0.3 is 12.0 Å². The van der Waals surface area contributed by atoms with E-state index in [2.05, 4.69) is 26.0 Å². The first-order chi connectivity index (χ1) is 18.2. The van der Waals surface area contributed by atoms with E-state index in [9.17, 15) is 18.8 Å². The summed E-state index contributed by atoms with van der Waals surface area (Å²) in [6, 6.07) is 9.67. The van der Waals surface area contributed by atoms with E-state index in [1.165, 1.54) is 37.5 Å². The molecule has 2 heterocycles. The number of carbonyl (C=O) groups excluding carboxylic acids is 3. The number of imide groups is 1. The first-order valence-electron chi connectivity index (χ1n) is 11.2. The number of nitrogens with one attached hydrogen (secondary N) is 1. The third kappa shape index (κ3) is 5.84. The Morgan fingerprint density at radius 1 is 1.18 bits per heavy atom. The average molecular weight is 608 g/mol. The summed E-state index contributed by atoms with van der Waals surface area (Å²) in [6.07, 6.45) is 1.45. The Balaban J connectivity index is 1.57. The molecule has 38 heavy (non-hydrogen) atoms. The predicted octanol–water partition coefficient (Wildman–Crippen LogP) is 5.69. The minimum Gasteiger partial charge on any atom is -0.490 e. The molecule has 4 rings (SSSR count). The molecule has 12 heteroatoms. The second-order valence-electron chi connectivity index (χ2n) is 7.91. The maximum Gasteiger partial charge on any atom is 0.373 e. The summed E-state index contributed by atoms with van der Waals surface area (Å²) in [5, 5.41) is 2.71. The van der Waals surface area contributed by atoms with E-state index in [-0.39, 0.29) is 47.0 Å². The lowest BCUT2D eigenvalue weighted by Crippen LogP contribution is -2.30. The molecule has 0 bridgehead atoms. The number of amides is 3. The molecule has 3 aromatic rings. The SMILES string of the molecule is CCOc1cc(/C=C2\NC(=O)N(Cc3ccc(C(=O)OC)o3)C2=O)c(Br)c(Cl)c1OCc1ccc(F)cc1. The summed E-state index contributed by atoms with van der Waals surface area (Å²) >= 11 is 10.0. The van der Waals surface area contributed by atoms with E-state index in [1.807, 2.05) is 0 Å². The van der Waals surface area contributed by atoms with Gasteiger partial charge in [-0.3, -0.25) is 9.69 Å². The molecular weight excluding hydrogens is 587 g/mol. The molecule has 0 aliphatic carbocycles. The van der Waals surface area contributed by atoms with Gasteiger partial charge in [-0.1, -0.05) is 23.7 Å². The first kappa shape index (κ1) is 27.2. The number of benzene rings is 2. The Morgan fingerprint density at radius 2 is 1.92 bits per heavy atom.